The van der Waals surface area contributed by atoms with Crippen LogP contribution < -0.4 is 5.73 Å². The van der Waals surface area contributed by atoms with Crippen LogP contribution in [0.5, 0.6) is 0 Å². The zero-order valence-electron chi connectivity index (χ0n) is 10.4. The van der Waals surface area contributed by atoms with Crippen LogP contribution in [0.25, 0.3) is 0 Å². The van der Waals surface area contributed by atoms with Crippen molar-refractivity contribution in [2.45, 2.75) is 13.3 Å². The van der Waals surface area contributed by atoms with Crippen LogP contribution in [0.4, 0.5) is 0 Å². The number of oxime groups is 1. The lowest BCUT2D eigenvalue weighted by atomic mass is 10.2. The van der Waals surface area contributed by atoms with E-state index in [1.165, 1.54) is 4.90 Å². The summed E-state index contributed by atoms with van der Waals surface area (Å²) < 4.78 is 0.764. The third-order valence-corrected chi connectivity index (χ3v) is 3.24. The van der Waals surface area contributed by atoms with Gasteiger partial charge in [0.25, 0.3) is 5.91 Å². The minimum atomic E-state index is -0.250. The quantitative estimate of drug-likeness (QED) is 0.372. The smallest absolute Gasteiger partial charge is 0.255 e. The SMILES string of the molecule is CCCN(CC(N)=NO)C(=O)c1cc(Br)ccc1Cl. The molecule has 104 valence electrons. The molecular formula is C12H15BrClN3O2. The molecule has 1 amide bonds. The predicted octanol–water partition coefficient (Wildman–Crippen LogP) is 2.70. The normalized spacial score (nSPS) is 11.4. The average Bonchev–Trinajstić information content (AvgIpc) is 2.40. The molecule has 0 heterocycles. The molecule has 0 aromatic heterocycles. The van der Waals surface area contributed by atoms with Gasteiger partial charge in [-0.1, -0.05) is 39.6 Å². The van der Waals surface area contributed by atoms with Gasteiger partial charge < -0.3 is 15.8 Å². The third kappa shape index (κ3) is 4.40. The van der Waals surface area contributed by atoms with Gasteiger partial charge in [0.15, 0.2) is 5.84 Å². The Labute approximate surface area is 125 Å². The molecular weight excluding hydrogens is 334 g/mol. The Morgan fingerprint density at radius 3 is 2.84 bits per heavy atom. The van der Waals surface area contributed by atoms with Gasteiger partial charge in [-0.25, -0.2) is 0 Å². The summed E-state index contributed by atoms with van der Waals surface area (Å²) in [4.78, 5) is 13.9. The molecule has 0 spiro atoms. The number of hydrogen-bond donors (Lipinski definition) is 2. The number of nitrogens with zero attached hydrogens (tertiary/aromatic N) is 2. The maximum atomic E-state index is 12.4. The molecule has 0 atom stereocenters. The summed E-state index contributed by atoms with van der Waals surface area (Å²) in [7, 11) is 0. The number of amidine groups is 1. The Bertz CT molecular complexity index is 494. The van der Waals surface area contributed by atoms with Gasteiger partial charge in [-0.2, -0.15) is 0 Å². The Balaban J connectivity index is 3.01. The fraction of sp³-hybridized carbons (Fsp3) is 0.333. The van der Waals surface area contributed by atoms with Crippen LogP contribution in [0.3, 0.4) is 0 Å². The van der Waals surface area contributed by atoms with Gasteiger partial charge in [-0.3, -0.25) is 4.79 Å². The second-order valence-electron chi connectivity index (χ2n) is 3.94. The van der Waals surface area contributed by atoms with Crippen molar-refractivity contribution in [2.24, 2.45) is 10.9 Å². The highest BCUT2D eigenvalue weighted by Crippen LogP contribution is 2.22. The van der Waals surface area contributed by atoms with Gasteiger partial charge in [-0.05, 0) is 24.6 Å². The molecule has 1 rings (SSSR count). The summed E-state index contributed by atoms with van der Waals surface area (Å²) >= 11 is 9.33. The monoisotopic (exact) mass is 347 g/mol. The number of rotatable bonds is 5. The molecule has 0 aliphatic rings. The first-order valence-corrected chi connectivity index (χ1v) is 6.87. The van der Waals surface area contributed by atoms with Gasteiger partial charge in [0.2, 0.25) is 0 Å². The fourth-order valence-corrected chi connectivity index (χ4v) is 2.14. The van der Waals surface area contributed by atoms with Crippen LogP contribution in [0, 0.1) is 0 Å². The van der Waals surface area contributed by atoms with Crippen molar-refractivity contribution < 1.29 is 10.0 Å². The van der Waals surface area contributed by atoms with E-state index in [-0.39, 0.29) is 18.3 Å². The number of carbonyl (C=O) groups is 1. The zero-order chi connectivity index (χ0) is 14.4. The Morgan fingerprint density at radius 2 is 2.26 bits per heavy atom. The summed E-state index contributed by atoms with van der Waals surface area (Å²) in [5, 5.41) is 11.8. The fourth-order valence-electron chi connectivity index (χ4n) is 1.58. The predicted molar refractivity (Wildman–Crippen MR) is 78.8 cm³/mol. The van der Waals surface area contributed by atoms with E-state index in [1.54, 1.807) is 18.2 Å². The van der Waals surface area contributed by atoms with E-state index in [4.69, 9.17) is 22.5 Å². The number of nitrogens with two attached hydrogens (primary N) is 1. The van der Waals surface area contributed by atoms with Crippen molar-refractivity contribution in [1.82, 2.24) is 4.90 Å². The lowest BCUT2D eigenvalue weighted by Gasteiger charge is -2.22. The lowest BCUT2D eigenvalue weighted by molar-refractivity contribution is 0.0778. The maximum Gasteiger partial charge on any atom is 0.255 e. The molecule has 1 aromatic rings. The molecule has 19 heavy (non-hydrogen) atoms. The second-order valence-corrected chi connectivity index (χ2v) is 5.27. The van der Waals surface area contributed by atoms with E-state index in [1.807, 2.05) is 6.92 Å². The third-order valence-electron chi connectivity index (χ3n) is 2.42. The molecule has 1 aromatic carbocycles. The van der Waals surface area contributed by atoms with E-state index in [2.05, 4.69) is 21.1 Å². The highest BCUT2D eigenvalue weighted by atomic mass is 79.9. The van der Waals surface area contributed by atoms with E-state index in [0.717, 1.165) is 10.9 Å². The summed E-state index contributed by atoms with van der Waals surface area (Å²) in [6.45, 7) is 2.50. The highest BCUT2D eigenvalue weighted by molar-refractivity contribution is 9.10. The van der Waals surface area contributed by atoms with Crippen LogP contribution in [0.2, 0.25) is 5.02 Å². The van der Waals surface area contributed by atoms with Crippen LogP contribution in [-0.2, 0) is 0 Å². The molecule has 0 bridgehead atoms. The van der Waals surface area contributed by atoms with E-state index >= 15 is 0 Å². The summed E-state index contributed by atoms with van der Waals surface area (Å²) in [5.41, 5.74) is 5.84. The maximum absolute atomic E-state index is 12.4. The first-order chi connectivity index (χ1) is 8.99. The number of halogens is 2. The molecule has 0 fully saturated rings. The summed E-state index contributed by atoms with van der Waals surface area (Å²) in [6.07, 6.45) is 0.760. The molecule has 5 nitrogen and oxygen atoms in total. The minimum Gasteiger partial charge on any atom is -0.409 e. The average molecular weight is 349 g/mol. The molecule has 0 aliphatic heterocycles. The molecule has 0 aliphatic carbocycles. The minimum absolute atomic E-state index is 0.0204. The standard InChI is InChI=1S/C12H15BrClN3O2/c1-2-5-17(7-11(15)16-19)12(18)9-6-8(13)3-4-10(9)14/h3-4,6,19H,2,5,7H2,1H3,(H2,15,16). The highest BCUT2D eigenvalue weighted by Gasteiger charge is 2.19. The van der Waals surface area contributed by atoms with Crippen LogP contribution in [-0.4, -0.2) is 34.9 Å². The largest absolute Gasteiger partial charge is 0.409 e. The van der Waals surface area contributed by atoms with Crippen LogP contribution >= 0.6 is 27.5 Å². The Hall–Kier alpha value is -1.27. The van der Waals surface area contributed by atoms with Crippen molar-refractivity contribution in [2.75, 3.05) is 13.1 Å². The molecule has 0 saturated heterocycles. The van der Waals surface area contributed by atoms with Crippen molar-refractivity contribution >= 4 is 39.3 Å². The zero-order valence-corrected chi connectivity index (χ0v) is 12.8. The van der Waals surface area contributed by atoms with E-state index < -0.39 is 0 Å². The molecule has 0 radical (unpaired) electrons. The van der Waals surface area contributed by atoms with E-state index in [0.29, 0.717) is 17.1 Å². The molecule has 0 unspecified atom stereocenters. The first kappa shape index (κ1) is 15.8. The van der Waals surface area contributed by atoms with Gasteiger partial charge in [0.1, 0.15) is 0 Å². The summed E-state index contributed by atoms with van der Waals surface area (Å²) in [6, 6.07) is 5.05. The molecule has 3 N–H and O–H groups in total. The molecule has 0 saturated carbocycles. The first-order valence-electron chi connectivity index (χ1n) is 5.70. The number of benzene rings is 1. The Morgan fingerprint density at radius 1 is 1.58 bits per heavy atom. The number of hydrogen-bond acceptors (Lipinski definition) is 3. The van der Waals surface area contributed by atoms with Gasteiger partial charge in [0, 0.05) is 11.0 Å². The van der Waals surface area contributed by atoms with E-state index in [9.17, 15) is 4.79 Å². The Kier molecular flexibility index (Phi) is 6.11. The van der Waals surface area contributed by atoms with Gasteiger partial charge >= 0.3 is 0 Å². The van der Waals surface area contributed by atoms with Crippen molar-refractivity contribution in [1.29, 1.82) is 0 Å². The number of amides is 1. The second kappa shape index (κ2) is 7.35. The van der Waals surface area contributed by atoms with Gasteiger partial charge in [-0.15, -0.1) is 0 Å². The van der Waals surface area contributed by atoms with Crippen molar-refractivity contribution in [3.8, 4) is 0 Å². The van der Waals surface area contributed by atoms with Crippen LogP contribution in [0.1, 0.15) is 23.7 Å². The van der Waals surface area contributed by atoms with Crippen molar-refractivity contribution in [3.63, 3.8) is 0 Å². The topological polar surface area (TPSA) is 78.9 Å². The molecule has 7 heteroatoms. The lowest BCUT2D eigenvalue weighted by Crippen LogP contribution is -2.39. The summed E-state index contributed by atoms with van der Waals surface area (Å²) in [5.74, 6) is -0.271. The van der Waals surface area contributed by atoms with Crippen molar-refractivity contribution in [3.05, 3.63) is 33.3 Å². The van der Waals surface area contributed by atoms with Gasteiger partial charge in [0.05, 0.1) is 17.1 Å². The number of carbonyl (C=O) groups excluding carboxylic acids is 1. The van der Waals surface area contributed by atoms with Crippen LogP contribution in [0.15, 0.2) is 27.8 Å².